The monoisotopic (exact) mass is 276 g/mol. The van der Waals surface area contributed by atoms with Crippen LogP contribution in [0.3, 0.4) is 0 Å². The van der Waals surface area contributed by atoms with Gasteiger partial charge >= 0.3 is 0 Å². The van der Waals surface area contributed by atoms with Crippen molar-refractivity contribution < 1.29 is 9.47 Å². The third-order valence-corrected chi connectivity index (χ3v) is 4.05. The minimum absolute atomic E-state index is 0.602. The molecule has 5 heteroatoms. The second kappa shape index (κ2) is 5.19. The lowest BCUT2D eigenvalue weighted by Crippen LogP contribution is -2.15. The van der Waals surface area contributed by atoms with E-state index in [0.717, 1.165) is 34.2 Å². The molecule has 2 aromatic rings. The molecule has 0 fully saturated rings. The predicted octanol–water partition coefficient (Wildman–Crippen LogP) is 2.39. The minimum atomic E-state index is 0.602. The van der Waals surface area contributed by atoms with Gasteiger partial charge in [-0.25, -0.2) is 4.98 Å². The summed E-state index contributed by atoms with van der Waals surface area (Å²) in [6.07, 6.45) is 0.829. The molecule has 1 aromatic heterocycles. The highest BCUT2D eigenvalue weighted by molar-refractivity contribution is 7.12. The van der Waals surface area contributed by atoms with Gasteiger partial charge in [0.15, 0.2) is 11.5 Å². The van der Waals surface area contributed by atoms with Gasteiger partial charge in [0.1, 0.15) is 13.2 Å². The van der Waals surface area contributed by atoms with Crippen LogP contribution in [-0.4, -0.2) is 24.7 Å². The molecule has 0 amide bonds. The van der Waals surface area contributed by atoms with Crippen LogP contribution in [0.15, 0.2) is 18.2 Å². The number of hydrogen-bond donors (Lipinski definition) is 1. The minimum Gasteiger partial charge on any atom is -0.486 e. The maximum Gasteiger partial charge on any atom is 0.162 e. The molecule has 2 N–H and O–H groups in total. The van der Waals surface area contributed by atoms with Crippen LogP contribution in [0.25, 0.3) is 11.3 Å². The molecule has 3 rings (SSSR count). The summed E-state index contributed by atoms with van der Waals surface area (Å²) in [5.74, 6) is 1.61. The van der Waals surface area contributed by atoms with Crippen LogP contribution in [0, 0.1) is 6.92 Å². The number of rotatable bonds is 3. The number of fused-ring (bicyclic) bond motifs is 1. The third-order valence-electron chi connectivity index (χ3n) is 3.01. The molecule has 1 aliphatic rings. The lowest BCUT2D eigenvalue weighted by molar-refractivity contribution is 0.171. The van der Waals surface area contributed by atoms with E-state index in [1.165, 1.54) is 4.88 Å². The van der Waals surface area contributed by atoms with Gasteiger partial charge in [-0.1, -0.05) is 0 Å². The van der Waals surface area contributed by atoms with Gasteiger partial charge in [-0.3, -0.25) is 0 Å². The van der Waals surface area contributed by atoms with E-state index in [4.69, 9.17) is 15.2 Å². The Morgan fingerprint density at radius 3 is 2.84 bits per heavy atom. The molecule has 0 aliphatic carbocycles. The Morgan fingerprint density at radius 2 is 2.05 bits per heavy atom. The van der Waals surface area contributed by atoms with Gasteiger partial charge in [0, 0.05) is 16.9 Å². The summed E-state index contributed by atoms with van der Waals surface area (Å²) in [4.78, 5) is 5.87. The van der Waals surface area contributed by atoms with Crippen molar-refractivity contribution in [2.45, 2.75) is 13.3 Å². The van der Waals surface area contributed by atoms with Crippen LogP contribution in [0.5, 0.6) is 11.5 Å². The first-order chi connectivity index (χ1) is 9.28. The first kappa shape index (κ1) is 12.4. The summed E-state index contributed by atoms with van der Waals surface area (Å²) in [7, 11) is 0. The topological polar surface area (TPSA) is 57.4 Å². The van der Waals surface area contributed by atoms with E-state index < -0.39 is 0 Å². The Hall–Kier alpha value is -1.59. The Balaban J connectivity index is 1.97. The van der Waals surface area contributed by atoms with E-state index in [1.807, 2.05) is 18.2 Å². The molecular weight excluding hydrogens is 260 g/mol. The number of nitrogens with two attached hydrogens (primary N) is 1. The van der Waals surface area contributed by atoms with Gasteiger partial charge in [-0.2, -0.15) is 0 Å². The highest BCUT2D eigenvalue weighted by Crippen LogP contribution is 2.36. The van der Waals surface area contributed by atoms with Gasteiger partial charge in [-0.15, -0.1) is 11.3 Å². The number of aryl methyl sites for hydroxylation is 1. The number of thiazole rings is 1. The molecule has 0 unspecified atom stereocenters. The fraction of sp³-hybridized carbons (Fsp3) is 0.357. The average molecular weight is 276 g/mol. The van der Waals surface area contributed by atoms with Gasteiger partial charge in [0.25, 0.3) is 0 Å². The number of aromatic nitrogens is 1. The zero-order chi connectivity index (χ0) is 13.2. The van der Waals surface area contributed by atoms with Crippen molar-refractivity contribution in [3.8, 4) is 22.8 Å². The number of ether oxygens (including phenoxy) is 2. The van der Waals surface area contributed by atoms with Gasteiger partial charge in [0.2, 0.25) is 0 Å². The fourth-order valence-corrected chi connectivity index (χ4v) is 3.11. The zero-order valence-electron chi connectivity index (χ0n) is 10.8. The average Bonchev–Trinajstić information content (AvgIpc) is 2.79. The van der Waals surface area contributed by atoms with E-state index in [9.17, 15) is 0 Å². The van der Waals surface area contributed by atoms with Crippen molar-refractivity contribution in [3.63, 3.8) is 0 Å². The molecule has 2 heterocycles. The standard InChI is InChI=1S/C14H16N2O2S/c1-9-14(16-13(19-9)4-5-15)10-2-3-11-12(8-10)18-7-6-17-11/h2-3,8H,4-7,15H2,1H3. The molecule has 0 saturated carbocycles. The van der Waals surface area contributed by atoms with E-state index in [-0.39, 0.29) is 0 Å². The Kier molecular flexibility index (Phi) is 3.40. The third kappa shape index (κ3) is 2.43. The van der Waals surface area contributed by atoms with E-state index >= 15 is 0 Å². The molecule has 0 saturated heterocycles. The summed E-state index contributed by atoms with van der Waals surface area (Å²) in [5, 5.41) is 1.09. The van der Waals surface area contributed by atoms with Crippen LogP contribution in [0.4, 0.5) is 0 Å². The molecule has 0 atom stereocenters. The van der Waals surface area contributed by atoms with Crippen molar-refractivity contribution in [2.24, 2.45) is 5.73 Å². The SMILES string of the molecule is Cc1sc(CCN)nc1-c1ccc2c(c1)OCCO2. The van der Waals surface area contributed by atoms with E-state index in [1.54, 1.807) is 11.3 Å². The van der Waals surface area contributed by atoms with Crippen molar-refractivity contribution in [2.75, 3.05) is 19.8 Å². The van der Waals surface area contributed by atoms with E-state index in [0.29, 0.717) is 19.8 Å². The van der Waals surface area contributed by atoms with Crippen molar-refractivity contribution in [1.82, 2.24) is 4.98 Å². The molecule has 0 spiro atoms. The predicted molar refractivity (Wildman–Crippen MR) is 76.0 cm³/mol. The maximum absolute atomic E-state index is 5.61. The molecule has 19 heavy (non-hydrogen) atoms. The second-order valence-electron chi connectivity index (χ2n) is 4.41. The summed E-state index contributed by atoms with van der Waals surface area (Å²) >= 11 is 1.71. The zero-order valence-corrected chi connectivity index (χ0v) is 11.6. The highest BCUT2D eigenvalue weighted by atomic mass is 32.1. The summed E-state index contributed by atoms with van der Waals surface area (Å²) < 4.78 is 11.1. The Labute approximate surface area is 116 Å². The molecule has 0 bridgehead atoms. The van der Waals surface area contributed by atoms with Crippen molar-refractivity contribution >= 4 is 11.3 Å². The smallest absolute Gasteiger partial charge is 0.162 e. The largest absolute Gasteiger partial charge is 0.486 e. The number of nitrogens with zero attached hydrogens (tertiary/aromatic N) is 1. The van der Waals surface area contributed by atoms with Gasteiger partial charge in [0.05, 0.1) is 10.7 Å². The first-order valence-corrected chi connectivity index (χ1v) is 7.16. The summed E-state index contributed by atoms with van der Waals surface area (Å²) in [5.41, 5.74) is 7.67. The van der Waals surface area contributed by atoms with Gasteiger partial charge in [-0.05, 0) is 31.7 Å². The van der Waals surface area contributed by atoms with Gasteiger partial charge < -0.3 is 15.2 Å². The first-order valence-electron chi connectivity index (χ1n) is 6.34. The lowest BCUT2D eigenvalue weighted by Gasteiger charge is -2.18. The molecule has 4 nitrogen and oxygen atoms in total. The van der Waals surface area contributed by atoms with E-state index in [2.05, 4.69) is 11.9 Å². The quantitative estimate of drug-likeness (QED) is 0.935. The van der Waals surface area contributed by atoms with Crippen LogP contribution >= 0.6 is 11.3 Å². The molecule has 0 radical (unpaired) electrons. The van der Waals surface area contributed by atoms with Crippen LogP contribution in [0.1, 0.15) is 9.88 Å². The summed E-state index contributed by atoms with van der Waals surface area (Å²) in [6.45, 7) is 3.94. The second-order valence-corrected chi connectivity index (χ2v) is 5.70. The van der Waals surface area contributed by atoms with Crippen LogP contribution < -0.4 is 15.2 Å². The molecule has 100 valence electrons. The molecular formula is C14H16N2O2S. The van der Waals surface area contributed by atoms with Crippen molar-refractivity contribution in [3.05, 3.63) is 28.1 Å². The molecule has 1 aromatic carbocycles. The normalized spacial score (nSPS) is 13.6. The van der Waals surface area contributed by atoms with Crippen LogP contribution in [-0.2, 0) is 6.42 Å². The van der Waals surface area contributed by atoms with Crippen LogP contribution in [0.2, 0.25) is 0 Å². The Morgan fingerprint density at radius 1 is 1.26 bits per heavy atom. The molecule has 1 aliphatic heterocycles. The number of hydrogen-bond acceptors (Lipinski definition) is 5. The Bertz CT molecular complexity index is 595. The highest BCUT2D eigenvalue weighted by Gasteiger charge is 2.15. The fourth-order valence-electron chi connectivity index (χ4n) is 2.14. The lowest BCUT2D eigenvalue weighted by atomic mass is 10.1. The van der Waals surface area contributed by atoms with Crippen molar-refractivity contribution in [1.29, 1.82) is 0 Å². The number of benzene rings is 1. The summed E-state index contributed by atoms with van der Waals surface area (Å²) in [6, 6.07) is 5.98. The maximum atomic E-state index is 5.61.